The Morgan fingerprint density at radius 1 is 1.55 bits per heavy atom. The maximum absolute atomic E-state index is 10.9. The number of aromatic nitrogens is 4. The van der Waals surface area contributed by atoms with E-state index in [-0.39, 0.29) is 10.8 Å². The molecule has 0 aliphatic rings. The van der Waals surface area contributed by atoms with Gasteiger partial charge in [0.2, 0.25) is 0 Å². The van der Waals surface area contributed by atoms with Crippen molar-refractivity contribution in [2.24, 2.45) is 0 Å². The highest BCUT2D eigenvalue weighted by atomic mass is 35.5. The fourth-order valence-electron chi connectivity index (χ4n) is 0.825. The van der Waals surface area contributed by atoms with Crippen LogP contribution < -0.4 is 5.69 Å². The maximum Gasteiger partial charge on any atom is 0.349 e. The smallest absolute Gasteiger partial charge is 0.258 e. The second-order valence-electron chi connectivity index (χ2n) is 1.95. The van der Waals surface area contributed by atoms with E-state index in [0.717, 1.165) is 0 Å². The van der Waals surface area contributed by atoms with Crippen molar-refractivity contribution < 1.29 is 0 Å². The molecule has 5 nitrogen and oxygen atoms in total. The largest absolute Gasteiger partial charge is 0.349 e. The number of aromatic amines is 1. The second-order valence-corrected chi connectivity index (χ2v) is 2.34. The monoisotopic (exact) mass is 170 g/mol. The molecular weight excluding hydrogens is 168 g/mol. The topological polar surface area (TPSA) is 63.0 Å². The van der Waals surface area contributed by atoms with Gasteiger partial charge in [0.25, 0.3) is 0 Å². The van der Waals surface area contributed by atoms with Crippen molar-refractivity contribution in [3.63, 3.8) is 0 Å². The summed E-state index contributed by atoms with van der Waals surface area (Å²) >= 11 is 5.64. The molecule has 6 heteroatoms. The molecule has 2 heterocycles. The van der Waals surface area contributed by atoms with Gasteiger partial charge >= 0.3 is 5.69 Å². The second kappa shape index (κ2) is 2.06. The summed E-state index contributed by atoms with van der Waals surface area (Å²) in [6.07, 6.45) is 2.83. The lowest BCUT2D eigenvalue weighted by molar-refractivity contribution is 1.02. The Morgan fingerprint density at radius 2 is 2.36 bits per heavy atom. The fraction of sp³-hybridized carbons (Fsp3) is 0. The summed E-state index contributed by atoms with van der Waals surface area (Å²) in [4.78, 5) is 14.7. The van der Waals surface area contributed by atoms with E-state index >= 15 is 0 Å². The van der Waals surface area contributed by atoms with Crippen LogP contribution in [0.15, 0.2) is 17.2 Å². The molecule has 0 aromatic carbocycles. The third-order valence-corrected chi connectivity index (χ3v) is 1.55. The molecule has 0 saturated carbocycles. The molecular formula is C5H3ClN4O. The molecule has 1 N–H and O–H groups in total. The number of halogens is 1. The minimum absolute atomic E-state index is 0.251. The minimum atomic E-state index is -0.354. The lowest BCUT2D eigenvalue weighted by atomic mass is 10.7. The Labute approximate surface area is 65.6 Å². The first-order chi connectivity index (χ1) is 5.29. The molecule has 0 amide bonds. The molecule has 2 aromatic heterocycles. The van der Waals surface area contributed by atoms with Gasteiger partial charge in [0, 0.05) is 0 Å². The summed E-state index contributed by atoms with van der Waals surface area (Å²) in [5.41, 5.74) is 0.0647. The molecule has 2 aromatic rings. The van der Waals surface area contributed by atoms with E-state index in [2.05, 4.69) is 15.2 Å². The standard InChI is InChI=1S/C5H3ClN4O/c6-3-1-7-2-4-8-9-5(11)10(3)4/h1-2H,(H,9,11). The molecule has 0 aliphatic heterocycles. The maximum atomic E-state index is 10.9. The number of fused-ring (bicyclic) bond motifs is 1. The number of nitrogens with zero attached hydrogens (tertiary/aromatic N) is 3. The zero-order valence-corrected chi connectivity index (χ0v) is 6.04. The fourth-order valence-corrected chi connectivity index (χ4v) is 1.05. The van der Waals surface area contributed by atoms with E-state index in [4.69, 9.17) is 11.6 Å². The van der Waals surface area contributed by atoms with Crippen molar-refractivity contribution in [3.8, 4) is 0 Å². The van der Waals surface area contributed by atoms with Crippen LogP contribution in [-0.2, 0) is 0 Å². The van der Waals surface area contributed by atoms with Crippen LogP contribution in [0, 0.1) is 0 Å². The average molecular weight is 171 g/mol. The highest BCUT2D eigenvalue weighted by Crippen LogP contribution is 2.04. The normalized spacial score (nSPS) is 10.6. The average Bonchev–Trinajstić information content (AvgIpc) is 2.34. The molecule has 0 aliphatic carbocycles. The first-order valence-corrected chi connectivity index (χ1v) is 3.23. The Morgan fingerprint density at radius 3 is 3.09 bits per heavy atom. The highest BCUT2D eigenvalue weighted by molar-refractivity contribution is 6.29. The van der Waals surface area contributed by atoms with E-state index in [1.54, 1.807) is 0 Å². The Bertz CT molecular complexity index is 445. The predicted octanol–water partition coefficient (Wildman–Crippen LogP) is 0.0710. The van der Waals surface area contributed by atoms with Crippen molar-refractivity contribution in [2.45, 2.75) is 0 Å². The van der Waals surface area contributed by atoms with Crippen molar-refractivity contribution in [1.29, 1.82) is 0 Å². The van der Waals surface area contributed by atoms with E-state index < -0.39 is 0 Å². The summed E-state index contributed by atoms with van der Waals surface area (Å²) in [5.74, 6) is 0. The highest BCUT2D eigenvalue weighted by Gasteiger charge is 2.01. The van der Waals surface area contributed by atoms with Gasteiger partial charge in [-0.1, -0.05) is 11.6 Å². The Hall–Kier alpha value is -1.36. The van der Waals surface area contributed by atoms with Gasteiger partial charge < -0.3 is 0 Å². The predicted molar refractivity (Wildman–Crippen MR) is 38.6 cm³/mol. The minimum Gasteiger partial charge on any atom is -0.258 e. The molecule has 0 bridgehead atoms. The number of hydrogen-bond acceptors (Lipinski definition) is 3. The quantitative estimate of drug-likeness (QED) is 0.609. The molecule has 0 saturated heterocycles. The SMILES string of the molecule is O=c1[nH]nc2cncc(Cl)n12. The molecule has 0 atom stereocenters. The molecule has 2 rings (SSSR count). The van der Waals surface area contributed by atoms with E-state index in [1.165, 1.54) is 16.8 Å². The van der Waals surface area contributed by atoms with Gasteiger partial charge in [-0.25, -0.2) is 14.3 Å². The van der Waals surface area contributed by atoms with Crippen LogP contribution in [0.1, 0.15) is 0 Å². The molecule has 0 spiro atoms. The number of rotatable bonds is 0. The zero-order chi connectivity index (χ0) is 7.84. The summed E-state index contributed by atoms with van der Waals surface area (Å²) in [6.45, 7) is 0. The zero-order valence-electron chi connectivity index (χ0n) is 5.28. The van der Waals surface area contributed by atoms with Crippen molar-refractivity contribution in [1.82, 2.24) is 19.6 Å². The van der Waals surface area contributed by atoms with E-state index in [0.29, 0.717) is 5.65 Å². The first kappa shape index (κ1) is 6.36. The van der Waals surface area contributed by atoms with Gasteiger partial charge in [-0.3, -0.25) is 4.98 Å². The third kappa shape index (κ3) is 0.813. The molecule has 0 fully saturated rings. The summed E-state index contributed by atoms with van der Waals surface area (Å²) < 4.78 is 1.23. The van der Waals surface area contributed by atoms with Gasteiger partial charge in [-0.05, 0) is 0 Å². The number of hydrogen-bond donors (Lipinski definition) is 1. The van der Waals surface area contributed by atoms with Gasteiger partial charge in [-0.15, -0.1) is 0 Å². The number of nitrogens with one attached hydrogen (secondary N) is 1. The van der Waals surface area contributed by atoms with Crippen LogP contribution in [0.4, 0.5) is 0 Å². The summed E-state index contributed by atoms with van der Waals surface area (Å²) in [7, 11) is 0. The van der Waals surface area contributed by atoms with Gasteiger partial charge in [0.15, 0.2) is 5.65 Å². The molecule has 0 radical (unpaired) electrons. The van der Waals surface area contributed by atoms with Gasteiger partial charge in [0.1, 0.15) is 5.15 Å². The van der Waals surface area contributed by atoms with Crippen molar-refractivity contribution >= 4 is 17.2 Å². The van der Waals surface area contributed by atoms with Crippen LogP contribution in [0.5, 0.6) is 0 Å². The first-order valence-electron chi connectivity index (χ1n) is 2.85. The van der Waals surface area contributed by atoms with Crippen molar-refractivity contribution in [2.75, 3.05) is 0 Å². The molecule has 56 valence electrons. The Balaban J connectivity index is 3.08. The lowest BCUT2D eigenvalue weighted by Crippen LogP contribution is -2.09. The van der Waals surface area contributed by atoms with Crippen LogP contribution in [0.25, 0.3) is 5.65 Å². The number of H-pyrrole nitrogens is 1. The lowest BCUT2D eigenvalue weighted by Gasteiger charge is -1.90. The summed E-state index contributed by atoms with van der Waals surface area (Å²) in [6, 6.07) is 0. The van der Waals surface area contributed by atoms with Crippen molar-refractivity contribution in [3.05, 3.63) is 28.0 Å². The Kier molecular flexibility index (Phi) is 1.19. The molecule has 11 heavy (non-hydrogen) atoms. The van der Waals surface area contributed by atoms with Crippen LogP contribution >= 0.6 is 11.6 Å². The van der Waals surface area contributed by atoms with E-state index in [9.17, 15) is 4.79 Å². The van der Waals surface area contributed by atoms with E-state index in [1.807, 2.05) is 0 Å². The van der Waals surface area contributed by atoms with Gasteiger partial charge in [-0.2, -0.15) is 5.10 Å². The van der Waals surface area contributed by atoms with Crippen LogP contribution in [0.2, 0.25) is 5.15 Å². The molecule has 0 unspecified atom stereocenters. The van der Waals surface area contributed by atoms with Gasteiger partial charge in [0.05, 0.1) is 12.4 Å². The van der Waals surface area contributed by atoms with Crippen LogP contribution in [0.3, 0.4) is 0 Å². The summed E-state index contributed by atoms with van der Waals surface area (Å²) in [5, 5.41) is 6.16. The van der Waals surface area contributed by atoms with Crippen LogP contribution in [-0.4, -0.2) is 19.6 Å². The third-order valence-electron chi connectivity index (χ3n) is 1.28.